The molecule has 1 heterocycles. The molecule has 1 saturated heterocycles. The molecule has 2 unspecified atom stereocenters. The Hall–Kier alpha value is -0.800. The molecule has 19 heavy (non-hydrogen) atoms. The number of halogens is 3. The zero-order chi connectivity index (χ0) is 13.9. The van der Waals surface area contributed by atoms with Crippen molar-refractivity contribution in [1.82, 2.24) is 9.80 Å². The highest BCUT2D eigenvalue weighted by Gasteiger charge is 2.35. The number of hydrogen-bond acceptors (Lipinski definition) is 3. The zero-order valence-electron chi connectivity index (χ0n) is 11.0. The van der Waals surface area contributed by atoms with Crippen molar-refractivity contribution in [3.8, 4) is 6.07 Å². The largest absolute Gasteiger partial charge is 0.401 e. The van der Waals surface area contributed by atoms with Gasteiger partial charge in [0.15, 0.2) is 0 Å². The van der Waals surface area contributed by atoms with Crippen LogP contribution in [0.2, 0.25) is 0 Å². The fourth-order valence-corrected chi connectivity index (χ4v) is 3.21. The minimum Gasteiger partial charge on any atom is -0.297 e. The highest BCUT2D eigenvalue weighted by atomic mass is 19.4. The summed E-state index contributed by atoms with van der Waals surface area (Å²) in [4.78, 5) is 3.68. The van der Waals surface area contributed by atoms with Gasteiger partial charge in [0.05, 0.1) is 18.5 Å². The Balaban J connectivity index is 1.84. The van der Waals surface area contributed by atoms with Gasteiger partial charge in [0.2, 0.25) is 0 Å². The van der Waals surface area contributed by atoms with Crippen molar-refractivity contribution in [2.75, 3.05) is 32.7 Å². The molecule has 3 nitrogen and oxygen atoms in total. The third kappa shape index (κ3) is 4.08. The van der Waals surface area contributed by atoms with Crippen LogP contribution in [0.1, 0.15) is 25.7 Å². The van der Waals surface area contributed by atoms with Crippen LogP contribution in [0.4, 0.5) is 13.2 Å². The monoisotopic (exact) mass is 275 g/mol. The minimum absolute atomic E-state index is 0.0583. The number of nitrogens with zero attached hydrogens (tertiary/aromatic N) is 3. The average molecular weight is 275 g/mol. The van der Waals surface area contributed by atoms with Crippen molar-refractivity contribution in [1.29, 1.82) is 5.26 Å². The van der Waals surface area contributed by atoms with Crippen molar-refractivity contribution >= 4 is 0 Å². The van der Waals surface area contributed by atoms with Crippen molar-refractivity contribution in [2.24, 2.45) is 5.92 Å². The fraction of sp³-hybridized carbons (Fsp3) is 0.923. The molecule has 1 aliphatic carbocycles. The van der Waals surface area contributed by atoms with Crippen LogP contribution in [-0.4, -0.2) is 54.7 Å². The van der Waals surface area contributed by atoms with E-state index < -0.39 is 12.7 Å². The van der Waals surface area contributed by atoms with Crippen LogP contribution < -0.4 is 0 Å². The van der Waals surface area contributed by atoms with Gasteiger partial charge in [-0.05, 0) is 12.8 Å². The third-order valence-corrected chi connectivity index (χ3v) is 4.17. The van der Waals surface area contributed by atoms with Gasteiger partial charge >= 0.3 is 6.18 Å². The minimum atomic E-state index is -4.11. The maximum absolute atomic E-state index is 12.3. The lowest BCUT2D eigenvalue weighted by Crippen LogP contribution is -2.54. The second kappa shape index (κ2) is 6.10. The molecule has 0 aromatic rings. The van der Waals surface area contributed by atoms with E-state index in [1.165, 1.54) is 4.90 Å². The second-order valence-electron chi connectivity index (χ2n) is 5.51. The van der Waals surface area contributed by atoms with Crippen LogP contribution in [-0.2, 0) is 0 Å². The smallest absolute Gasteiger partial charge is 0.297 e. The van der Waals surface area contributed by atoms with E-state index in [2.05, 4.69) is 11.0 Å². The lowest BCUT2D eigenvalue weighted by molar-refractivity contribution is -0.150. The topological polar surface area (TPSA) is 30.3 Å². The summed E-state index contributed by atoms with van der Waals surface area (Å²) >= 11 is 0. The summed E-state index contributed by atoms with van der Waals surface area (Å²) in [5.74, 6) is 0.0583. The molecule has 2 aliphatic rings. The molecule has 0 aromatic carbocycles. The van der Waals surface area contributed by atoms with Gasteiger partial charge in [-0.15, -0.1) is 0 Å². The van der Waals surface area contributed by atoms with Crippen LogP contribution in [0, 0.1) is 17.2 Å². The summed E-state index contributed by atoms with van der Waals surface area (Å²) < 4.78 is 36.9. The van der Waals surface area contributed by atoms with Gasteiger partial charge in [0.25, 0.3) is 0 Å². The molecule has 2 fully saturated rings. The lowest BCUT2D eigenvalue weighted by Gasteiger charge is -2.42. The van der Waals surface area contributed by atoms with Crippen LogP contribution >= 0.6 is 0 Å². The van der Waals surface area contributed by atoms with E-state index in [-0.39, 0.29) is 12.0 Å². The molecule has 0 spiro atoms. The second-order valence-corrected chi connectivity index (χ2v) is 5.51. The first kappa shape index (κ1) is 14.6. The van der Waals surface area contributed by atoms with Crippen molar-refractivity contribution in [3.63, 3.8) is 0 Å². The summed E-state index contributed by atoms with van der Waals surface area (Å²) in [5, 5.41) is 9.16. The molecule has 108 valence electrons. The van der Waals surface area contributed by atoms with E-state index in [4.69, 9.17) is 5.26 Å². The molecular weight excluding hydrogens is 255 g/mol. The number of nitriles is 1. The van der Waals surface area contributed by atoms with Crippen LogP contribution in [0.25, 0.3) is 0 Å². The summed E-state index contributed by atoms with van der Waals surface area (Å²) in [5.41, 5.74) is 0. The van der Waals surface area contributed by atoms with Gasteiger partial charge in [0, 0.05) is 32.2 Å². The molecule has 0 radical (unpaired) electrons. The zero-order valence-corrected chi connectivity index (χ0v) is 11.0. The Morgan fingerprint density at radius 2 is 1.68 bits per heavy atom. The Kier molecular flexibility index (Phi) is 4.69. The standard InChI is InChI=1S/C13H20F3N3/c14-13(15,16)10-18-5-7-19(8-6-18)12-4-2-1-3-11(12)9-17/h11-12H,1-8,10H2. The normalized spacial score (nSPS) is 31.1. The molecule has 2 atom stereocenters. The summed E-state index contributed by atoms with van der Waals surface area (Å²) in [7, 11) is 0. The van der Waals surface area contributed by atoms with E-state index in [0.717, 1.165) is 25.7 Å². The van der Waals surface area contributed by atoms with Crippen LogP contribution in [0.5, 0.6) is 0 Å². The van der Waals surface area contributed by atoms with Gasteiger partial charge in [-0.3, -0.25) is 9.80 Å². The Morgan fingerprint density at radius 3 is 2.26 bits per heavy atom. The maximum atomic E-state index is 12.3. The molecule has 0 amide bonds. The maximum Gasteiger partial charge on any atom is 0.401 e. The van der Waals surface area contributed by atoms with Crippen LogP contribution in [0.3, 0.4) is 0 Å². The summed E-state index contributed by atoms with van der Waals surface area (Å²) in [6.07, 6.45) is 0.0675. The van der Waals surface area contributed by atoms with E-state index >= 15 is 0 Å². The van der Waals surface area contributed by atoms with Crippen molar-refractivity contribution in [2.45, 2.75) is 37.9 Å². The highest BCUT2D eigenvalue weighted by molar-refractivity contribution is 4.96. The molecule has 0 aromatic heterocycles. The van der Waals surface area contributed by atoms with Gasteiger partial charge in [0.1, 0.15) is 0 Å². The predicted molar refractivity (Wildman–Crippen MR) is 65.4 cm³/mol. The molecule has 0 N–H and O–H groups in total. The predicted octanol–water partition coefficient (Wildman–Crippen LogP) is 2.25. The van der Waals surface area contributed by atoms with E-state index in [0.29, 0.717) is 26.2 Å². The summed E-state index contributed by atoms with van der Waals surface area (Å²) in [6.45, 7) is 1.40. The van der Waals surface area contributed by atoms with Crippen molar-refractivity contribution < 1.29 is 13.2 Å². The summed E-state index contributed by atoms with van der Waals surface area (Å²) in [6, 6.07) is 2.62. The van der Waals surface area contributed by atoms with Crippen LogP contribution in [0.15, 0.2) is 0 Å². The Morgan fingerprint density at radius 1 is 1.05 bits per heavy atom. The number of piperazine rings is 1. The molecule has 0 bridgehead atoms. The molecular formula is C13H20F3N3. The first-order valence-corrected chi connectivity index (χ1v) is 6.92. The quantitative estimate of drug-likeness (QED) is 0.774. The molecule has 6 heteroatoms. The van der Waals surface area contributed by atoms with E-state index in [9.17, 15) is 13.2 Å². The molecule has 2 rings (SSSR count). The third-order valence-electron chi connectivity index (χ3n) is 4.17. The van der Waals surface area contributed by atoms with E-state index in [1.807, 2.05) is 0 Å². The molecule has 1 saturated carbocycles. The van der Waals surface area contributed by atoms with Gasteiger partial charge in [-0.1, -0.05) is 12.8 Å². The Bertz CT molecular complexity index is 329. The number of hydrogen-bond donors (Lipinski definition) is 0. The lowest BCUT2D eigenvalue weighted by atomic mass is 9.84. The number of alkyl halides is 3. The highest BCUT2D eigenvalue weighted by Crippen LogP contribution is 2.29. The van der Waals surface area contributed by atoms with Crippen molar-refractivity contribution in [3.05, 3.63) is 0 Å². The first-order chi connectivity index (χ1) is 8.99. The van der Waals surface area contributed by atoms with Gasteiger partial charge in [-0.2, -0.15) is 18.4 Å². The van der Waals surface area contributed by atoms with E-state index in [1.54, 1.807) is 0 Å². The fourth-order valence-electron chi connectivity index (χ4n) is 3.21. The SMILES string of the molecule is N#CC1CCCCC1N1CCN(CC(F)(F)F)CC1. The molecule has 1 aliphatic heterocycles. The van der Waals surface area contributed by atoms with Gasteiger partial charge < -0.3 is 0 Å². The Labute approximate surface area is 112 Å². The van der Waals surface area contributed by atoms with Gasteiger partial charge in [-0.25, -0.2) is 0 Å². The first-order valence-electron chi connectivity index (χ1n) is 6.92. The number of rotatable bonds is 2. The average Bonchev–Trinajstić information content (AvgIpc) is 2.38.